The Balaban J connectivity index is 2.19. The molecule has 1 aromatic heterocycles. The number of rotatable bonds is 4. The fourth-order valence-corrected chi connectivity index (χ4v) is 3.21. The van der Waals surface area contributed by atoms with Gasteiger partial charge in [-0.05, 0) is 63.4 Å². The number of anilines is 1. The second-order valence-electron chi connectivity index (χ2n) is 4.52. The summed E-state index contributed by atoms with van der Waals surface area (Å²) in [4.78, 5) is 4.40. The fraction of sp³-hybridized carbons (Fsp3) is 0.267. The first kappa shape index (κ1) is 15.3. The van der Waals surface area contributed by atoms with Gasteiger partial charge in [0.25, 0.3) is 0 Å². The van der Waals surface area contributed by atoms with E-state index >= 15 is 0 Å². The average molecular weight is 400 g/mol. The van der Waals surface area contributed by atoms with Gasteiger partial charge in [-0.2, -0.15) is 0 Å². The Labute approximate surface area is 136 Å². The van der Waals surface area contributed by atoms with Crippen LogP contribution in [0.15, 0.2) is 33.3 Å². The molecule has 0 bridgehead atoms. The number of nitrogens with one attached hydrogen (secondary N) is 1. The molecule has 2 rings (SSSR count). The normalized spacial score (nSPS) is 10.4. The maximum absolute atomic E-state index is 5.44. The van der Waals surface area contributed by atoms with Crippen LogP contribution in [0.2, 0.25) is 0 Å². The molecule has 0 aliphatic carbocycles. The smallest absolute Gasteiger partial charge is 0.126 e. The van der Waals surface area contributed by atoms with Crippen molar-refractivity contribution >= 4 is 37.5 Å². The highest BCUT2D eigenvalue weighted by Crippen LogP contribution is 2.29. The Morgan fingerprint density at radius 2 is 2.00 bits per heavy atom. The molecule has 5 heteroatoms. The van der Waals surface area contributed by atoms with Crippen LogP contribution in [-0.2, 0) is 6.54 Å². The van der Waals surface area contributed by atoms with Crippen LogP contribution in [0.25, 0.3) is 0 Å². The number of benzene rings is 1. The number of aryl methyl sites for hydroxylation is 1. The van der Waals surface area contributed by atoms with Gasteiger partial charge in [0.1, 0.15) is 5.75 Å². The third-order valence-electron chi connectivity index (χ3n) is 3.14. The Morgan fingerprint density at radius 3 is 2.65 bits per heavy atom. The van der Waals surface area contributed by atoms with Gasteiger partial charge in [-0.1, -0.05) is 6.07 Å². The van der Waals surface area contributed by atoms with Gasteiger partial charge in [0.05, 0.1) is 19.3 Å². The second kappa shape index (κ2) is 6.59. The van der Waals surface area contributed by atoms with Gasteiger partial charge in [0.15, 0.2) is 0 Å². The zero-order valence-electron chi connectivity index (χ0n) is 11.6. The lowest BCUT2D eigenvalue weighted by Gasteiger charge is -2.15. The molecule has 0 atom stereocenters. The Kier molecular flexibility index (Phi) is 5.05. The van der Waals surface area contributed by atoms with Gasteiger partial charge in [-0.3, -0.25) is 4.98 Å². The van der Waals surface area contributed by atoms with Crippen molar-refractivity contribution in [1.29, 1.82) is 0 Å². The lowest BCUT2D eigenvalue weighted by molar-refractivity contribution is 0.409. The van der Waals surface area contributed by atoms with E-state index in [0.717, 1.165) is 37.2 Å². The van der Waals surface area contributed by atoms with Gasteiger partial charge < -0.3 is 10.1 Å². The maximum Gasteiger partial charge on any atom is 0.126 e. The van der Waals surface area contributed by atoms with Gasteiger partial charge in [0, 0.05) is 26.4 Å². The molecule has 1 N–H and O–H groups in total. The van der Waals surface area contributed by atoms with Crippen molar-refractivity contribution in [3.8, 4) is 5.75 Å². The number of hydrogen-bond acceptors (Lipinski definition) is 3. The number of methoxy groups -OCH3 is 1. The third kappa shape index (κ3) is 3.33. The molecule has 2 aromatic rings. The van der Waals surface area contributed by atoms with Crippen molar-refractivity contribution in [3.05, 3.63) is 50.2 Å². The molecule has 0 aliphatic heterocycles. The van der Waals surface area contributed by atoms with Crippen LogP contribution in [0.4, 0.5) is 5.69 Å². The molecule has 0 spiro atoms. The Morgan fingerprint density at radius 1 is 1.25 bits per heavy atom. The molecule has 0 aliphatic rings. The summed E-state index contributed by atoms with van der Waals surface area (Å²) in [7, 11) is 1.70. The zero-order chi connectivity index (χ0) is 14.7. The minimum absolute atomic E-state index is 0.654. The predicted molar refractivity (Wildman–Crippen MR) is 89.4 cm³/mol. The van der Waals surface area contributed by atoms with Crippen molar-refractivity contribution in [2.24, 2.45) is 0 Å². The van der Waals surface area contributed by atoms with E-state index in [4.69, 9.17) is 4.74 Å². The minimum atomic E-state index is 0.654. The summed E-state index contributed by atoms with van der Waals surface area (Å²) in [5, 5.41) is 3.40. The Bertz CT molecular complexity index is 630. The van der Waals surface area contributed by atoms with Gasteiger partial charge in [-0.15, -0.1) is 0 Å². The first-order valence-corrected chi connectivity index (χ1v) is 7.79. The average Bonchev–Trinajstić information content (AvgIpc) is 2.40. The molecule has 0 saturated carbocycles. The molecule has 0 fully saturated rings. The van der Waals surface area contributed by atoms with E-state index in [0.29, 0.717) is 6.54 Å². The monoisotopic (exact) mass is 398 g/mol. The molecular weight excluding hydrogens is 384 g/mol. The lowest BCUT2D eigenvalue weighted by Crippen LogP contribution is -2.05. The number of halogens is 2. The summed E-state index contributed by atoms with van der Waals surface area (Å²) in [6, 6.07) is 6.12. The number of hydrogen-bond donors (Lipinski definition) is 1. The van der Waals surface area contributed by atoms with Crippen molar-refractivity contribution < 1.29 is 4.74 Å². The van der Waals surface area contributed by atoms with Crippen LogP contribution in [-0.4, -0.2) is 12.1 Å². The summed E-state index contributed by atoms with van der Waals surface area (Å²) in [6.45, 7) is 4.75. The molecule has 106 valence electrons. The number of nitrogens with zero attached hydrogens (tertiary/aromatic N) is 1. The van der Waals surface area contributed by atoms with Crippen LogP contribution in [0.3, 0.4) is 0 Å². The molecule has 20 heavy (non-hydrogen) atoms. The summed E-state index contributed by atoms with van der Waals surface area (Å²) in [6.07, 6.45) is 1.80. The number of aromatic nitrogens is 1. The van der Waals surface area contributed by atoms with Crippen LogP contribution < -0.4 is 10.1 Å². The largest absolute Gasteiger partial charge is 0.496 e. The van der Waals surface area contributed by atoms with Crippen LogP contribution in [0, 0.1) is 13.8 Å². The summed E-state index contributed by atoms with van der Waals surface area (Å²) >= 11 is 6.92. The van der Waals surface area contributed by atoms with E-state index in [-0.39, 0.29) is 0 Å². The summed E-state index contributed by atoms with van der Waals surface area (Å²) in [5.41, 5.74) is 4.27. The zero-order valence-corrected chi connectivity index (χ0v) is 14.8. The first-order valence-electron chi connectivity index (χ1n) is 6.21. The van der Waals surface area contributed by atoms with E-state index in [9.17, 15) is 0 Å². The van der Waals surface area contributed by atoms with E-state index < -0.39 is 0 Å². The SMILES string of the molecule is COc1c(C)ccc(NCc2ncc(Br)cc2Br)c1C. The van der Waals surface area contributed by atoms with Crippen LogP contribution in [0.5, 0.6) is 5.75 Å². The summed E-state index contributed by atoms with van der Waals surface area (Å²) in [5.74, 6) is 0.929. The molecule has 1 aromatic carbocycles. The van der Waals surface area contributed by atoms with E-state index in [2.05, 4.69) is 61.2 Å². The number of ether oxygens (including phenoxy) is 1. The van der Waals surface area contributed by atoms with E-state index in [1.54, 1.807) is 13.3 Å². The minimum Gasteiger partial charge on any atom is -0.496 e. The highest BCUT2D eigenvalue weighted by Gasteiger charge is 2.08. The maximum atomic E-state index is 5.44. The predicted octanol–water partition coefficient (Wildman–Crippen LogP) is 4.84. The molecule has 0 radical (unpaired) electrons. The van der Waals surface area contributed by atoms with Crippen molar-refractivity contribution in [3.63, 3.8) is 0 Å². The quantitative estimate of drug-likeness (QED) is 0.798. The molecule has 1 heterocycles. The van der Waals surface area contributed by atoms with Crippen molar-refractivity contribution in [2.45, 2.75) is 20.4 Å². The highest BCUT2D eigenvalue weighted by atomic mass is 79.9. The molecule has 0 amide bonds. The molecular formula is C15H16Br2N2O. The number of pyridine rings is 1. The van der Waals surface area contributed by atoms with Gasteiger partial charge in [-0.25, -0.2) is 0 Å². The second-order valence-corrected chi connectivity index (χ2v) is 6.29. The van der Waals surface area contributed by atoms with Crippen molar-refractivity contribution in [2.75, 3.05) is 12.4 Å². The van der Waals surface area contributed by atoms with E-state index in [1.807, 2.05) is 13.0 Å². The summed E-state index contributed by atoms with van der Waals surface area (Å²) < 4.78 is 7.38. The molecule has 0 saturated heterocycles. The van der Waals surface area contributed by atoms with Gasteiger partial charge >= 0.3 is 0 Å². The fourth-order valence-electron chi connectivity index (χ4n) is 2.08. The van der Waals surface area contributed by atoms with Crippen LogP contribution in [0.1, 0.15) is 16.8 Å². The topological polar surface area (TPSA) is 34.1 Å². The van der Waals surface area contributed by atoms with Crippen LogP contribution >= 0.6 is 31.9 Å². The Hall–Kier alpha value is -1.07. The van der Waals surface area contributed by atoms with Gasteiger partial charge in [0.2, 0.25) is 0 Å². The molecule has 3 nitrogen and oxygen atoms in total. The highest BCUT2D eigenvalue weighted by molar-refractivity contribution is 9.11. The standard InChI is InChI=1S/C15H16Br2N2O/c1-9-4-5-13(10(2)15(9)20-3)19-8-14-12(17)6-11(16)7-18-14/h4-7,19H,8H2,1-3H3. The van der Waals surface area contributed by atoms with E-state index in [1.165, 1.54) is 0 Å². The lowest BCUT2D eigenvalue weighted by atomic mass is 10.1. The third-order valence-corrected chi connectivity index (χ3v) is 4.26. The van der Waals surface area contributed by atoms with Crippen molar-refractivity contribution in [1.82, 2.24) is 4.98 Å². The molecule has 0 unspecified atom stereocenters. The first-order chi connectivity index (χ1) is 9.52.